The van der Waals surface area contributed by atoms with Gasteiger partial charge in [0, 0.05) is 11.5 Å². The molecule has 0 spiro atoms. The lowest BCUT2D eigenvalue weighted by atomic mass is 10.0. The minimum atomic E-state index is -1.47. The molecule has 2 aliphatic heterocycles. The van der Waals surface area contributed by atoms with E-state index in [1.54, 1.807) is 30.3 Å². The molecule has 0 saturated carbocycles. The topological polar surface area (TPSA) is 181 Å². The third-order valence-corrected chi connectivity index (χ3v) is 9.68. The number of carbonyl (C=O) groups is 4. The molecule has 1 unspecified atom stereocenters. The van der Waals surface area contributed by atoms with Gasteiger partial charge in [0.1, 0.15) is 17.1 Å². The molecule has 14 heteroatoms. The minimum Gasteiger partial charge on any atom is -0.448 e. The van der Waals surface area contributed by atoms with Gasteiger partial charge in [0.05, 0.1) is 0 Å². The van der Waals surface area contributed by atoms with Crippen LogP contribution >= 0.6 is 23.5 Å². The number of nitrogens with zero attached hydrogens (tertiary/aromatic N) is 3. The predicted octanol–water partition coefficient (Wildman–Crippen LogP) is 2.72. The van der Waals surface area contributed by atoms with E-state index in [1.807, 2.05) is 60.7 Å². The van der Waals surface area contributed by atoms with Crippen LogP contribution in [0.4, 0.5) is 0 Å². The second-order valence-corrected chi connectivity index (χ2v) is 12.4. The maximum absolute atomic E-state index is 14.1. The summed E-state index contributed by atoms with van der Waals surface area (Å²) in [5.74, 6) is -2.27. The van der Waals surface area contributed by atoms with Gasteiger partial charge in [0.15, 0.2) is 12.2 Å². The molecular formula is C32H28N6O6S2. The van der Waals surface area contributed by atoms with Gasteiger partial charge < -0.3 is 20.9 Å². The molecule has 0 radical (unpaired) electrons. The predicted molar refractivity (Wildman–Crippen MR) is 170 cm³/mol. The molecule has 1 saturated heterocycles. The summed E-state index contributed by atoms with van der Waals surface area (Å²) < 4.78 is 6.16. The number of aromatic amines is 1. The highest BCUT2D eigenvalue weighted by Gasteiger charge is 2.55. The first-order valence-electron chi connectivity index (χ1n) is 14.2. The van der Waals surface area contributed by atoms with Crippen molar-refractivity contribution in [2.45, 2.75) is 28.8 Å². The number of ether oxygens (including phenoxy) is 1. The van der Waals surface area contributed by atoms with Crippen molar-refractivity contribution in [3.8, 4) is 0 Å². The average Bonchev–Trinajstić information content (AvgIpc) is 3.58. The number of primary amides is 1. The number of aromatic nitrogens is 3. The number of nitrogens with two attached hydrogens (primary N) is 1. The number of benzene rings is 3. The molecule has 3 amide bonds. The second-order valence-electron chi connectivity index (χ2n) is 10.4. The fraction of sp³-hybridized carbons (Fsp3) is 0.188. The second kappa shape index (κ2) is 13.6. The molecule has 4 aromatic rings. The molecule has 1 aromatic heterocycles. The van der Waals surface area contributed by atoms with Gasteiger partial charge >= 0.3 is 5.97 Å². The zero-order chi connectivity index (χ0) is 32.2. The molecule has 46 heavy (non-hydrogen) atoms. The van der Waals surface area contributed by atoms with Crippen molar-refractivity contribution in [1.29, 1.82) is 0 Å². The molecule has 3 heterocycles. The zero-order valence-electron chi connectivity index (χ0n) is 24.1. The van der Waals surface area contributed by atoms with Crippen LogP contribution in [0.3, 0.4) is 0 Å². The number of aliphatic hydroxyl groups excluding tert-OH is 1. The summed E-state index contributed by atoms with van der Waals surface area (Å²) in [6, 6.07) is 26.0. The average molecular weight is 657 g/mol. The van der Waals surface area contributed by atoms with Crippen molar-refractivity contribution in [1.82, 2.24) is 25.4 Å². The number of hydrogen-bond donors (Lipinski definition) is 4. The van der Waals surface area contributed by atoms with Gasteiger partial charge in [0.2, 0.25) is 11.0 Å². The number of amides is 3. The summed E-state index contributed by atoms with van der Waals surface area (Å²) in [6.45, 7) is 0. The van der Waals surface area contributed by atoms with Crippen LogP contribution in [-0.2, 0) is 19.1 Å². The number of esters is 1. The maximum Gasteiger partial charge on any atom is 0.356 e. The maximum atomic E-state index is 14.1. The Kier molecular flexibility index (Phi) is 9.19. The molecule has 6 rings (SSSR count). The Bertz CT molecular complexity index is 1750. The highest BCUT2D eigenvalue weighted by atomic mass is 32.2. The minimum absolute atomic E-state index is 0.0675. The molecule has 0 bridgehead atoms. The molecule has 3 aromatic carbocycles. The normalized spacial score (nSPS) is 18.0. The Balaban J connectivity index is 1.28. The summed E-state index contributed by atoms with van der Waals surface area (Å²) in [7, 11) is 0. The van der Waals surface area contributed by atoms with E-state index in [-0.39, 0.29) is 22.4 Å². The van der Waals surface area contributed by atoms with Gasteiger partial charge in [-0.1, -0.05) is 103 Å². The highest BCUT2D eigenvalue weighted by Crippen LogP contribution is 2.43. The van der Waals surface area contributed by atoms with Gasteiger partial charge in [-0.25, -0.2) is 4.79 Å². The first kappa shape index (κ1) is 31.1. The van der Waals surface area contributed by atoms with Crippen molar-refractivity contribution >= 4 is 47.2 Å². The van der Waals surface area contributed by atoms with E-state index in [2.05, 4.69) is 20.5 Å². The number of nitrogens with one attached hydrogen (secondary N) is 2. The van der Waals surface area contributed by atoms with E-state index in [0.29, 0.717) is 16.9 Å². The van der Waals surface area contributed by atoms with E-state index in [0.717, 1.165) is 22.9 Å². The van der Waals surface area contributed by atoms with Gasteiger partial charge in [-0.15, -0.1) is 16.9 Å². The number of β-lactam (4-membered cyclic amide) rings is 1. The third-order valence-electron chi connectivity index (χ3n) is 7.41. The molecule has 0 aliphatic carbocycles. The Morgan fingerprint density at radius 2 is 1.59 bits per heavy atom. The van der Waals surface area contributed by atoms with Gasteiger partial charge in [0.25, 0.3) is 17.7 Å². The summed E-state index contributed by atoms with van der Waals surface area (Å²) in [4.78, 5) is 57.5. The van der Waals surface area contributed by atoms with Crippen molar-refractivity contribution in [3.05, 3.63) is 125 Å². The number of hydrogen-bond acceptors (Lipinski definition) is 10. The molecule has 2 aliphatic rings. The summed E-state index contributed by atoms with van der Waals surface area (Å²) >= 11 is 2.53. The summed E-state index contributed by atoms with van der Waals surface area (Å²) in [5, 5.41) is 19.3. The molecular weight excluding hydrogens is 629 g/mol. The van der Waals surface area contributed by atoms with Crippen LogP contribution in [0.1, 0.15) is 39.5 Å². The number of rotatable bonds is 11. The van der Waals surface area contributed by atoms with Crippen molar-refractivity contribution in [3.63, 3.8) is 0 Å². The quantitative estimate of drug-likeness (QED) is 0.107. The lowest BCUT2D eigenvalue weighted by Crippen LogP contribution is -2.71. The molecule has 5 N–H and O–H groups in total. The Morgan fingerprint density at radius 1 is 1.00 bits per heavy atom. The van der Waals surface area contributed by atoms with Gasteiger partial charge in [-0.3, -0.25) is 24.4 Å². The van der Waals surface area contributed by atoms with Crippen LogP contribution in [0, 0.1) is 0 Å². The monoisotopic (exact) mass is 656 g/mol. The molecule has 234 valence electrons. The Labute approximate surface area is 271 Å². The first-order valence-corrected chi connectivity index (χ1v) is 16.2. The number of fused-ring (bicyclic) bond motifs is 1. The van der Waals surface area contributed by atoms with Crippen LogP contribution < -0.4 is 11.1 Å². The SMILES string of the molecule is NC(=O)c1nc(SCC2=C(C(=O)OC(c3ccccc3)c3ccccc3)N3C(=O)C(NC(=O)[C@H](O)c4ccccc4)[C@H]3SC2)n[nH]1. The van der Waals surface area contributed by atoms with Crippen molar-refractivity contribution in [2.24, 2.45) is 5.73 Å². The fourth-order valence-corrected chi connectivity index (χ4v) is 7.40. The standard InChI is InChI=1S/C32H28N6O6S2/c33-26(40)27-35-32(37-36-27)46-17-21-16-45-30-22(34-28(41)24(39)18-10-4-1-5-11-18)29(42)38(30)23(21)31(43)44-25(19-12-6-2-7-13-19)20-14-8-3-9-15-20/h1-15,22,24-25,30,39H,16-17H2,(H2,33,40)(H,34,41)(H,35,36,37)/t22?,24-,30-/m1/s1. The fourth-order valence-electron chi connectivity index (χ4n) is 5.12. The van der Waals surface area contributed by atoms with Crippen LogP contribution in [0.15, 0.2) is 107 Å². The molecule has 3 atom stereocenters. The van der Waals surface area contributed by atoms with E-state index in [1.165, 1.54) is 16.7 Å². The van der Waals surface area contributed by atoms with E-state index >= 15 is 0 Å². The number of H-pyrrole nitrogens is 1. The van der Waals surface area contributed by atoms with E-state index < -0.39 is 47.3 Å². The first-order chi connectivity index (χ1) is 22.3. The van der Waals surface area contributed by atoms with Gasteiger partial charge in [-0.2, -0.15) is 4.98 Å². The van der Waals surface area contributed by atoms with Crippen LogP contribution in [-0.4, -0.2) is 71.8 Å². The van der Waals surface area contributed by atoms with Gasteiger partial charge in [-0.05, 0) is 22.3 Å². The largest absolute Gasteiger partial charge is 0.448 e. The Hall–Kier alpha value is -4.92. The molecule has 1 fully saturated rings. The number of thioether (sulfide) groups is 2. The summed E-state index contributed by atoms with van der Waals surface area (Å²) in [5.41, 5.74) is 7.82. The number of aliphatic hydroxyl groups is 1. The van der Waals surface area contributed by atoms with Crippen LogP contribution in [0.25, 0.3) is 0 Å². The summed E-state index contributed by atoms with van der Waals surface area (Å²) in [6.07, 6.45) is -2.23. The lowest BCUT2D eigenvalue weighted by molar-refractivity contribution is -0.155. The molecule has 12 nitrogen and oxygen atoms in total. The lowest BCUT2D eigenvalue weighted by Gasteiger charge is -2.50. The number of carbonyl (C=O) groups excluding carboxylic acids is 4. The van der Waals surface area contributed by atoms with E-state index in [9.17, 15) is 24.3 Å². The smallest absolute Gasteiger partial charge is 0.356 e. The van der Waals surface area contributed by atoms with Crippen LogP contribution in [0.2, 0.25) is 0 Å². The van der Waals surface area contributed by atoms with Crippen molar-refractivity contribution in [2.75, 3.05) is 11.5 Å². The third kappa shape index (κ3) is 6.40. The zero-order valence-corrected chi connectivity index (χ0v) is 25.7. The Morgan fingerprint density at radius 3 is 2.15 bits per heavy atom. The van der Waals surface area contributed by atoms with Crippen molar-refractivity contribution < 1.29 is 29.0 Å². The van der Waals surface area contributed by atoms with Crippen LogP contribution in [0.5, 0.6) is 0 Å². The highest BCUT2D eigenvalue weighted by molar-refractivity contribution is 8.01. The van der Waals surface area contributed by atoms with E-state index in [4.69, 9.17) is 10.5 Å².